The van der Waals surface area contributed by atoms with Crippen molar-refractivity contribution in [2.75, 3.05) is 31.1 Å². The lowest BCUT2D eigenvalue weighted by Crippen LogP contribution is -2.53. The van der Waals surface area contributed by atoms with E-state index in [0.29, 0.717) is 19.0 Å². The molecule has 0 radical (unpaired) electrons. The van der Waals surface area contributed by atoms with Crippen molar-refractivity contribution >= 4 is 36.5 Å². The first-order valence-electron chi connectivity index (χ1n) is 7.15. The van der Waals surface area contributed by atoms with E-state index in [9.17, 15) is 4.79 Å². The van der Waals surface area contributed by atoms with Gasteiger partial charge in [0, 0.05) is 32.4 Å². The summed E-state index contributed by atoms with van der Waals surface area (Å²) >= 11 is 0. The van der Waals surface area contributed by atoms with Crippen molar-refractivity contribution in [2.24, 2.45) is 11.7 Å². The quantitative estimate of drug-likeness (QED) is 0.887. The molecule has 2 N–H and O–H groups in total. The molecule has 0 bridgehead atoms. The molecule has 0 aromatic carbocycles. The van der Waals surface area contributed by atoms with E-state index in [-0.39, 0.29) is 36.8 Å². The van der Waals surface area contributed by atoms with E-state index in [4.69, 9.17) is 5.73 Å². The van der Waals surface area contributed by atoms with Crippen molar-refractivity contribution in [3.63, 3.8) is 0 Å². The SMILES string of the molecule is CC(C)C[C@H](N)C(=O)N1CCN(c2cccnn2)CC1.Cl.Cl. The monoisotopic (exact) mass is 349 g/mol. The number of piperazine rings is 1. The van der Waals surface area contributed by atoms with Gasteiger partial charge in [-0.05, 0) is 24.5 Å². The summed E-state index contributed by atoms with van der Waals surface area (Å²) in [5.74, 6) is 1.37. The maximum Gasteiger partial charge on any atom is 0.239 e. The highest BCUT2D eigenvalue weighted by molar-refractivity contribution is 5.85. The lowest BCUT2D eigenvalue weighted by Gasteiger charge is -2.36. The molecule has 1 aromatic rings. The Morgan fingerprint density at radius 3 is 2.41 bits per heavy atom. The summed E-state index contributed by atoms with van der Waals surface area (Å²) in [4.78, 5) is 16.2. The largest absolute Gasteiger partial charge is 0.352 e. The zero-order valence-corrected chi connectivity index (χ0v) is 14.6. The van der Waals surface area contributed by atoms with Crippen LogP contribution in [0.1, 0.15) is 20.3 Å². The Morgan fingerprint density at radius 1 is 1.27 bits per heavy atom. The number of carbonyl (C=O) groups is 1. The maximum absolute atomic E-state index is 12.2. The summed E-state index contributed by atoms with van der Waals surface area (Å²) in [6.45, 7) is 7.11. The normalized spacial score (nSPS) is 15.8. The van der Waals surface area contributed by atoms with Gasteiger partial charge in [0.1, 0.15) is 0 Å². The third-order valence-electron chi connectivity index (χ3n) is 3.52. The molecule has 2 rings (SSSR count). The summed E-state index contributed by atoms with van der Waals surface area (Å²) < 4.78 is 0. The van der Waals surface area contributed by atoms with Gasteiger partial charge in [-0.25, -0.2) is 0 Å². The molecule has 0 unspecified atom stereocenters. The van der Waals surface area contributed by atoms with Gasteiger partial charge in [-0.3, -0.25) is 4.79 Å². The van der Waals surface area contributed by atoms with Crippen molar-refractivity contribution < 1.29 is 4.79 Å². The number of halogens is 2. The molecule has 1 aliphatic rings. The Hall–Kier alpha value is -1.11. The average Bonchev–Trinajstić information content (AvgIpc) is 2.47. The summed E-state index contributed by atoms with van der Waals surface area (Å²) in [5.41, 5.74) is 5.97. The van der Waals surface area contributed by atoms with E-state index in [2.05, 4.69) is 28.9 Å². The minimum Gasteiger partial charge on any atom is -0.352 e. The van der Waals surface area contributed by atoms with Crippen LogP contribution in [0, 0.1) is 5.92 Å². The molecule has 1 fully saturated rings. The highest BCUT2D eigenvalue weighted by atomic mass is 35.5. The Labute approximate surface area is 144 Å². The van der Waals surface area contributed by atoms with Crippen LogP contribution in [0.5, 0.6) is 0 Å². The van der Waals surface area contributed by atoms with Crippen LogP contribution in [-0.4, -0.2) is 53.2 Å². The molecule has 0 saturated carbocycles. The van der Waals surface area contributed by atoms with Crippen molar-refractivity contribution in [3.8, 4) is 0 Å². The number of rotatable bonds is 4. The van der Waals surface area contributed by atoms with Gasteiger partial charge in [0.25, 0.3) is 0 Å². The molecule has 0 aliphatic carbocycles. The smallest absolute Gasteiger partial charge is 0.239 e. The molecular formula is C14H25Cl2N5O. The van der Waals surface area contributed by atoms with E-state index in [1.165, 1.54) is 0 Å². The van der Waals surface area contributed by atoms with Crippen LogP contribution in [0.4, 0.5) is 5.82 Å². The van der Waals surface area contributed by atoms with Gasteiger partial charge in [0.05, 0.1) is 6.04 Å². The second-order valence-corrected chi connectivity index (χ2v) is 5.63. The van der Waals surface area contributed by atoms with Crippen LogP contribution in [-0.2, 0) is 4.79 Å². The molecule has 1 saturated heterocycles. The van der Waals surface area contributed by atoms with Crippen molar-refractivity contribution in [1.82, 2.24) is 15.1 Å². The number of carbonyl (C=O) groups excluding carboxylic acids is 1. The molecule has 1 amide bonds. The number of anilines is 1. The topological polar surface area (TPSA) is 75.4 Å². The fraction of sp³-hybridized carbons (Fsp3) is 0.643. The predicted molar refractivity (Wildman–Crippen MR) is 92.8 cm³/mol. The second kappa shape index (κ2) is 9.82. The van der Waals surface area contributed by atoms with Crippen LogP contribution in [0.2, 0.25) is 0 Å². The van der Waals surface area contributed by atoms with Crippen LogP contribution in [0.25, 0.3) is 0 Å². The minimum absolute atomic E-state index is 0. The number of nitrogens with zero attached hydrogens (tertiary/aromatic N) is 4. The predicted octanol–water partition coefficient (Wildman–Crippen LogP) is 1.34. The summed E-state index contributed by atoms with van der Waals surface area (Å²) in [7, 11) is 0. The molecule has 8 heteroatoms. The molecule has 22 heavy (non-hydrogen) atoms. The van der Waals surface area contributed by atoms with Crippen LogP contribution in [0.15, 0.2) is 18.3 Å². The maximum atomic E-state index is 12.2. The van der Waals surface area contributed by atoms with Crippen LogP contribution >= 0.6 is 24.8 Å². The van der Waals surface area contributed by atoms with E-state index in [0.717, 1.165) is 25.3 Å². The number of hydrogen-bond donors (Lipinski definition) is 1. The molecule has 1 atom stereocenters. The standard InChI is InChI=1S/C14H23N5O.2ClH/c1-11(2)10-12(15)14(20)19-8-6-18(7-9-19)13-4-3-5-16-17-13;;/h3-5,11-12H,6-10,15H2,1-2H3;2*1H/t12-;;/m0../s1. The van der Waals surface area contributed by atoms with Crippen molar-refractivity contribution in [1.29, 1.82) is 0 Å². The zero-order chi connectivity index (χ0) is 14.5. The van der Waals surface area contributed by atoms with Gasteiger partial charge in [-0.1, -0.05) is 13.8 Å². The fourth-order valence-electron chi connectivity index (χ4n) is 2.46. The van der Waals surface area contributed by atoms with Crippen molar-refractivity contribution in [2.45, 2.75) is 26.3 Å². The van der Waals surface area contributed by atoms with E-state index >= 15 is 0 Å². The first-order valence-corrected chi connectivity index (χ1v) is 7.15. The lowest BCUT2D eigenvalue weighted by molar-refractivity contribution is -0.133. The summed E-state index contributed by atoms with van der Waals surface area (Å²) in [6.07, 6.45) is 2.40. The van der Waals surface area contributed by atoms with Gasteiger partial charge in [-0.15, -0.1) is 29.9 Å². The molecule has 2 heterocycles. The van der Waals surface area contributed by atoms with Gasteiger partial charge >= 0.3 is 0 Å². The summed E-state index contributed by atoms with van der Waals surface area (Å²) in [6, 6.07) is 3.44. The average molecular weight is 350 g/mol. The van der Waals surface area contributed by atoms with E-state index in [1.807, 2.05) is 17.0 Å². The first kappa shape index (κ1) is 20.9. The van der Waals surface area contributed by atoms with Gasteiger partial charge < -0.3 is 15.5 Å². The Balaban J connectivity index is 0.00000220. The number of amides is 1. The van der Waals surface area contributed by atoms with Crippen LogP contribution < -0.4 is 10.6 Å². The number of hydrogen-bond acceptors (Lipinski definition) is 5. The first-order chi connectivity index (χ1) is 9.58. The third-order valence-corrected chi connectivity index (χ3v) is 3.52. The minimum atomic E-state index is -0.377. The Morgan fingerprint density at radius 2 is 1.91 bits per heavy atom. The number of aromatic nitrogens is 2. The lowest BCUT2D eigenvalue weighted by atomic mass is 10.0. The number of nitrogens with two attached hydrogens (primary N) is 1. The molecule has 6 nitrogen and oxygen atoms in total. The highest BCUT2D eigenvalue weighted by Crippen LogP contribution is 2.13. The Kier molecular flexibility index (Phi) is 9.32. The van der Waals surface area contributed by atoms with Gasteiger partial charge in [-0.2, -0.15) is 5.10 Å². The highest BCUT2D eigenvalue weighted by Gasteiger charge is 2.26. The van der Waals surface area contributed by atoms with Gasteiger partial charge in [0.2, 0.25) is 5.91 Å². The second-order valence-electron chi connectivity index (χ2n) is 5.63. The Bertz CT molecular complexity index is 438. The van der Waals surface area contributed by atoms with Crippen LogP contribution in [0.3, 0.4) is 0 Å². The van der Waals surface area contributed by atoms with E-state index < -0.39 is 0 Å². The van der Waals surface area contributed by atoms with Crippen molar-refractivity contribution in [3.05, 3.63) is 18.3 Å². The summed E-state index contributed by atoms with van der Waals surface area (Å²) in [5, 5.41) is 7.98. The molecule has 0 spiro atoms. The molecular weight excluding hydrogens is 325 g/mol. The molecule has 1 aromatic heterocycles. The van der Waals surface area contributed by atoms with Gasteiger partial charge in [0.15, 0.2) is 5.82 Å². The molecule has 126 valence electrons. The third kappa shape index (κ3) is 5.59. The van der Waals surface area contributed by atoms with E-state index in [1.54, 1.807) is 6.20 Å². The molecule has 1 aliphatic heterocycles. The zero-order valence-electron chi connectivity index (χ0n) is 13.0. The fourth-order valence-corrected chi connectivity index (χ4v) is 2.46.